The van der Waals surface area contributed by atoms with E-state index in [0.29, 0.717) is 22.2 Å². The van der Waals surface area contributed by atoms with Crippen molar-refractivity contribution in [1.82, 2.24) is 4.31 Å². The van der Waals surface area contributed by atoms with Crippen molar-refractivity contribution in [2.45, 2.75) is 23.9 Å². The highest BCUT2D eigenvalue weighted by Crippen LogP contribution is 2.31. The van der Waals surface area contributed by atoms with Crippen LogP contribution in [0.3, 0.4) is 0 Å². The summed E-state index contributed by atoms with van der Waals surface area (Å²) in [4.78, 5) is 13.5. The van der Waals surface area contributed by atoms with E-state index in [2.05, 4.69) is 5.32 Å². The Morgan fingerprint density at radius 2 is 1.42 bits per heavy atom. The van der Waals surface area contributed by atoms with Crippen LogP contribution in [0.1, 0.15) is 11.1 Å². The van der Waals surface area contributed by atoms with E-state index in [1.165, 1.54) is 28.6 Å². The molecular formula is C28H23ClN2O4S. The Balaban J connectivity index is 1.39. The maximum atomic E-state index is 13.6. The molecule has 0 radical (unpaired) electrons. The third-order valence-electron chi connectivity index (χ3n) is 6.03. The van der Waals surface area contributed by atoms with Crippen LogP contribution in [0.25, 0.3) is 0 Å². The van der Waals surface area contributed by atoms with Crippen LogP contribution in [0.15, 0.2) is 108 Å². The maximum absolute atomic E-state index is 13.6. The van der Waals surface area contributed by atoms with Crippen LogP contribution in [0.2, 0.25) is 5.02 Å². The molecule has 1 aliphatic heterocycles. The van der Waals surface area contributed by atoms with Gasteiger partial charge in [-0.05, 0) is 78.2 Å². The third-order valence-corrected chi connectivity index (χ3v) is 8.15. The Hall–Kier alpha value is -3.65. The summed E-state index contributed by atoms with van der Waals surface area (Å²) in [6.45, 7) is 0.100. The Kier molecular flexibility index (Phi) is 6.78. The molecule has 182 valence electrons. The molecule has 4 aromatic rings. The highest BCUT2D eigenvalue weighted by atomic mass is 35.5. The molecule has 0 spiro atoms. The number of nitrogens with zero attached hydrogens (tertiary/aromatic N) is 1. The van der Waals surface area contributed by atoms with E-state index in [1.54, 1.807) is 24.3 Å². The molecule has 0 aromatic heterocycles. The van der Waals surface area contributed by atoms with Crippen molar-refractivity contribution in [2.24, 2.45) is 0 Å². The smallest absolute Gasteiger partial charge is 0.244 e. The highest BCUT2D eigenvalue weighted by molar-refractivity contribution is 7.89. The molecule has 1 heterocycles. The van der Waals surface area contributed by atoms with Crippen molar-refractivity contribution in [2.75, 3.05) is 5.32 Å². The van der Waals surface area contributed by atoms with Crippen molar-refractivity contribution < 1.29 is 17.9 Å². The largest absolute Gasteiger partial charge is 0.457 e. The first-order valence-electron chi connectivity index (χ1n) is 11.4. The number of ether oxygens (including phenoxy) is 1. The zero-order valence-corrected chi connectivity index (χ0v) is 20.7. The summed E-state index contributed by atoms with van der Waals surface area (Å²) >= 11 is 5.96. The molecule has 1 atom stereocenters. The minimum absolute atomic E-state index is 0.0893. The van der Waals surface area contributed by atoms with Gasteiger partial charge in [-0.25, -0.2) is 8.42 Å². The molecule has 0 bridgehead atoms. The minimum atomic E-state index is -3.96. The first-order valence-corrected chi connectivity index (χ1v) is 13.2. The van der Waals surface area contributed by atoms with Crippen LogP contribution >= 0.6 is 11.6 Å². The van der Waals surface area contributed by atoms with Gasteiger partial charge in [-0.2, -0.15) is 4.31 Å². The fraction of sp³-hybridized carbons (Fsp3) is 0.107. The number of halogens is 1. The number of sulfonamides is 1. The number of fused-ring (bicyclic) bond motifs is 1. The van der Waals surface area contributed by atoms with E-state index in [9.17, 15) is 13.2 Å². The van der Waals surface area contributed by atoms with Crippen molar-refractivity contribution in [3.05, 3.63) is 119 Å². The van der Waals surface area contributed by atoms with Crippen LogP contribution in [0, 0.1) is 0 Å². The van der Waals surface area contributed by atoms with E-state index in [1.807, 2.05) is 54.6 Å². The first kappa shape index (κ1) is 24.1. The van der Waals surface area contributed by atoms with E-state index < -0.39 is 22.0 Å². The van der Waals surface area contributed by atoms with Crippen molar-refractivity contribution in [1.29, 1.82) is 0 Å². The lowest BCUT2D eigenvalue weighted by Crippen LogP contribution is -2.50. The second kappa shape index (κ2) is 10.1. The molecule has 1 N–H and O–H groups in total. The van der Waals surface area contributed by atoms with Gasteiger partial charge in [0.25, 0.3) is 0 Å². The SMILES string of the molecule is O=C(Nc1ccc(Oc2ccccc2)cc1)[C@@H]1Cc2ccccc2CN1S(=O)(=O)c1ccc(Cl)cc1. The number of amides is 1. The Morgan fingerprint density at radius 3 is 2.11 bits per heavy atom. The zero-order valence-electron chi connectivity index (χ0n) is 19.2. The van der Waals surface area contributed by atoms with Crippen LogP contribution in [-0.2, 0) is 27.8 Å². The number of nitrogens with one attached hydrogen (secondary N) is 1. The maximum Gasteiger partial charge on any atom is 0.244 e. The summed E-state index contributed by atoms with van der Waals surface area (Å²) < 4.78 is 34.2. The van der Waals surface area contributed by atoms with Gasteiger partial charge in [0.1, 0.15) is 17.5 Å². The first-order chi connectivity index (χ1) is 17.4. The van der Waals surface area contributed by atoms with Gasteiger partial charge in [-0.3, -0.25) is 4.79 Å². The van der Waals surface area contributed by atoms with Gasteiger partial charge in [0.2, 0.25) is 15.9 Å². The second-order valence-electron chi connectivity index (χ2n) is 8.42. The van der Waals surface area contributed by atoms with Crippen molar-refractivity contribution in [3.8, 4) is 11.5 Å². The number of carbonyl (C=O) groups excluding carboxylic acids is 1. The molecule has 6 nitrogen and oxygen atoms in total. The molecule has 0 fully saturated rings. The number of hydrogen-bond acceptors (Lipinski definition) is 4. The highest BCUT2D eigenvalue weighted by Gasteiger charge is 2.39. The summed E-state index contributed by atoms with van der Waals surface area (Å²) in [6, 6.07) is 29.0. The molecule has 0 saturated carbocycles. The van der Waals surface area contributed by atoms with Crippen LogP contribution in [0.4, 0.5) is 5.69 Å². The number of anilines is 1. The predicted octanol–water partition coefficient (Wildman–Crippen LogP) is 5.89. The monoisotopic (exact) mass is 518 g/mol. The molecule has 4 aromatic carbocycles. The van der Waals surface area contributed by atoms with Gasteiger partial charge in [0.05, 0.1) is 4.90 Å². The number of benzene rings is 4. The van der Waals surface area contributed by atoms with E-state index in [0.717, 1.165) is 11.1 Å². The zero-order chi connectivity index (χ0) is 25.1. The second-order valence-corrected chi connectivity index (χ2v) is 10.7. The quantitative estimate of drug-likeness (QED) is 0.345. The molecule has 0 unspecified atom stereocenters. The van der Waals surface area contributed by atoms with E-state index >= 15 is 0 Å². The van der Waals surface area contributed by atoms with Gasteiger partial charge >= 0.3 is 0 Å². The molecule has 0 saturated heterocycles. The predicted molar refractivity (Wildman–Crippen MR) is 140 cm³/mol. The van der Waals surface area contributed by atoms with Gasteiger partial charge in [0, 0.05) is 17.3 Å². The average Bonchev–Trinajstić information content (AvgIpc) is 2.90. The molecule has 0 aliphatic carbocycles. The number of para-hydroxylation sites is 1. The molecule has 5 rings (SSSR count). The fourth-order valence-corrected chi connectivity index (χ4v) is 5.86. The summed E-state index contributed by atoms with van der Waals surface area (Å²) in [5.41, 5.74) is 2.37. The van der Waals surface area contributed by atoms with Gasteiger partial charge in [0.15, 0.2) is 0 Å². The number of rotatable bonds is 6. The summed E-state index contributed by atoms with van der Waals surface area (Å²) in [7, 11) is -3.96. The lowest BCUT2D eigenvalue weighted by Gasteiger charge is -2.35. The third kappa shape index (κ3) is 5.14. The van der Waals surface area contributed by atoms with Gasteiger partial charge < -0.3 is 10.1 Å². The lowest BCUT2D eigenvalue weighted by atomic mass is 9.95. The Morgan fingerprint density at radius 1 is 0.806 bits per heavy atom. The summed E-state index contributed by atoms with van der Waals surface area (Å²) in [6.07, 6.45) is 0.268. The number of hydrogen-bond donors (Lipinski definition) is 1. The number of carbonyl (C=O) groups is 1. The summed E-state index contributed by atoms with van der Waals surface area (Å²) in [5.74, 6) is 0.926. The molecule has 36 heavy (non-hydrogen) atoms. The lowest BCUT2D eigenvalue weighted by molar-refractivity contribution is -0.120. The fourth-order valence-electron chi connectivity index (χ4n) is 4.17. The normalized spacial score (nSPS) is 15.6. The molecule has 8 heteroatoms. The van der Waals surface area contributed by atoms with Crippen LogP contribution in [-0.4, -0.2) is 24.7 Å². The van der Waals surface area contributed by atoms with Gasteiger partial charge in [-0.15, -0.1) is 0 Å². The minimum Gasteiger partial charge on any atom is -0.457 e. The molecule has 1 aliphatic rings. The van der Waals surface area contributed by atoms with Crippen LogP contribution < -0.4 is 10.1 Å². The standard InChI is InChI=1S/C28H23ClN2O4S/c29-22-10-16-26(17-11-22)36(33,34)31-19-21-7-5-4-6-20(21)18-27(31)28(32)30-23-12-14-25(15-13-23)35-24-8-2-1-3-9-24/h1-17,27H,18-19H2,(H,30,32)/t27-/m0/s1. The summed E-state index contributed by atoms with van der Waals surface area (Å²) in [5, 5.41) is 3.31. The van der Waals surface area contributed by atoms with Gasteiger partial charge in [-0.1, -0.05) is 54.1 Å². The topological polar surface area (TPSA) is 75.7 Å². The molecular weight excluding hydrogens is 496 g/mol. The Bertz CT molecular complexity index is 1470. The van der Waals surface area contributed by atoms with Crippen LogP contribution in [0.5, 0.6) is 11.5 Å². The van der Waals surface area contributed by atoms with E-state index in [4.69, 9.17) is 16.3 Å². The Labute approximate surface area is 215 Å². The van der Waals surface area contributed by atoms with E-state index in [-0.39, 0.29) is 17.9 Å². The molecule has 1 amide bonds. The average molecular weight is 519 g/mol. The van der Waals surface area contributed by atoms with Crippen molar-refractivity contribution >= 4 is 33.2 Å². The van der Waals surface area contributed by atoms with Crippen molar-refractivity contribution in [3.63, 3.8) is 0 Å².